The molecular formula is C54H102O15. The summed E-state index contributed by atoms with van der Waals surface area (Å²) in [6.07, 6.45) is 8.40. The molecule has 0 amide bonds. The van der Waals surface area contributed by atoms with E-state index in [1.54, 1.807) is 0 Å². The van der Waals surface area contributed by atoms with E-state index in [1.165, 1.54) is 0 Å². The number of epoxide rings is 1. The predicted molar refractivity (Wildman–Crippen MR) is 266 cm³/mol. The molecule has 4 fully saturated rings. The molecule has 0 aromatic heterocycles. The van der Waals surface area contributed by atoms with Crippen molar-refractivity contribution in [1.29, 1.82) is 0 Å². The SMILES string of the molecule is CCCCOCC1OC(OC2C(COCCCC)OC(OC3C(COCCCC)OC4OC4C3OCCCC)C(OCCCC)C2OCCCC)C(OCCCC)C(OCCCC)C1OCCCC. The van der Waals surface area contributed by atoms with Crippen LogP contribution in [0.5, 0.6) is 0 Å². The molecule has 0 spiro atoms. The van der Waals surface area contributed by atoms with E-state index in [0.29, 0.717) is 72.7 Å². The average Bonchev–Trinajstić information content (AvgIpc) is 4.14. The van der Waals surface area contributed by atoms with Crippen molar-refractivity contribution in [2.75, 3.05) is 79.3 Å². The summed E-state index contributed by atoms with van der Waals surface area (Å²) in [5.74, 6) is 0. The van der Waals surface area contributed by atoms with Crippen molar-refractivity contribution in [2.45, 2.75) is 270 Å². The summed E-state index contributed by atoms with van der Waals surface area (Å²) >= 11 is 0. The monoisotopic (exact) mass is 991 g/mol. The van der Waals surface area contributed by atoms with Gasteiger partial charge in [-0.1, -0.05) is 120 Å². The molecule has 0 bridgehead atoms. The van der Waals surface area contributed by atoms with Crippen LogP contribution in [0.2, 0.25) is 0 Å². The van der Waals surface area contributed by atoms with Crippen molar-refractivity contribution in [2.24, 2.45) is 0 Å². The lowest BCUT2D eigenvalue weighted by atomic mass is 9.95. The molecule has 0 saturated carbocycles. The Morgan fingerprint density at radius 1 is 0.275 bits per heavy atom. The van der Waals surface area contributed by atoms with Crippen LogP contribution >= 0.6 is 0 Å². The third kappa shape index (κ3) is 20.9. The smallest absolute Gasteiger partial charge is 0.187 e. The highest BCUT2D eigenvalue weighted by molar-refractivity contribution is 5.02. The van der Waals surface area contributed by atoms with Gasteiger partial charge in [-0.25, -0.2) is 0 Å². The molecule has 15 atom stereocenters. The number of unbranched alkanes of at least 4 members (excludes halogenated alkanes) is 9. The highest BCUT2D eigenvalue weighted by Crippen LogP contribution is 2.42. The van der Waals surface area contributed by atoms with Crippen LogP contribution in [-0.2, 0) is 71.1 Å². The lowest BCUT2D eigenvalue weighted by Crippen LogP contribution is -2.67. The van der Waals surface area contributed by atoms with Crippen molar-refractivity contribution in [1.82, 2.24) is 0 Å². The van der Waals surface area contributed by atoms with E-state index in [1.807, 2.05) is 0 Å². The third-order valence-electron chi connectivity index (χ3n) is 13.2. The van der Waals surface area contributed by atoms with Crippen LogP contribution < -0.4 is 0 Å². The molecule has 15 nitrogen and oxygen atoms in total. The van der Waals surface area contributed by atoms with Gasteiger partial charge in [-0.05, 0) is 57.8 Å². The molecule has 15 heteroatoms. The first-order valence-electron chi connectivity index (χ1n) is 28.3. The summed E-state index contributed by atoms with van der Waals surface area (Å²) in [6, 6.07) is 0. The van der Waals surface area contributed by atoms with Gasteiger partial charge in [0, 0.05) is 59.5 Å². The quantitative estimate of drug-likeness (QED) is 0.0422. The van der Waals surface area contributed by atoms with Crippen molar-refractivity contribution in [3.05, 3.63) is 0 Å². The molecule has 408 valence electrons. The van der Waals surface area contributed by atoms with Crippen LogP contribution in [0.15, 0.2) is 0 Å². The first-order valence-corrected chi connectivity index (χ1v) is 28.3. The molecule has 0 aromatic rings. The van der Waals surface area contributed by atoms with Crippen LogP contribution in [-0.4, -0.2) is 171 Å². The summed E-state index contributed by atoms with van der Waals surface area (Å²) < 4.78 is 102. The lowest BCUT2D eigenvalue weighted by Gasteiger charge is -2.51. The maximum absolute atomic E-state index is 7.45. The summed E-state index contributed by atoms with van der Waals surface area (Å²) in [6.45, 7) is 25.4. The summed E-state index contributed by atoms with van der Waals surface area (Å²) in [5.41, 5.74) is 0. The van der Waals surface area contributed by atoms with Crippen molar-refractivity contribution in [3.63, 3.8) is 0 Å². The second-order valence-electron chi connectivity index (χ2n) is 19.4. The minimum atomic E-state index is -0.905. The first kappa shape index (κ1) is 61.0. The fourth-order valence-electron chi connectivity index (χ4n) is 8.76. The number of hydrogen-bond donors (Lipinski definition) is 0. The Hall–Kier alpha value is -0.600. The van der Waals surface area contributed by atoms with Crippen LogP contribution in [0.4, 0.5) is 0 Å². The molecular weight excluding hydrogens is 889 g/mol. The van der Waals surface area contributed by atoms with Gasteiger partial charge in [0.05, 0.1) is 19.8 Å². The van der Waals surface area contributed by atoms with Crippen LogP contribution in [0.1, 0.15) is 178 Å². The van der Waals surface area contributed by atoms with E-state index < -0.39 is 79.7 Å². The minimum Gasteiger partial charge on any atom is -0.379 e. The summed E-state index contributed by atoms with van der Waals surface area (Å²) in [5, 5.41) is 0. The zero-order chi connectivity index (χ0) is 49.5. The number of rotatable bonds is 43. The molecule has 0 radical (unpaired) electrons. The Balaban J connectivity index is 1.80. The van der Waals surface area contributed by atoms with Crippen molar-refractivity contribution < 1.29 is 71.1 Å². The molecule has 0 aromatic carbocycles. The number of ether oxygens (including phenoxy) is 15. The van der Waals surface area contributed by atoms with E-state index in [4.69, 9.17) is 71.1 Å². The highest BCUT2D eigenvalue weighted by atomic mass is 16.8. The van der Waals surface area contributed by atoms with Crippen molar-refractivity contribution in [3.8, 4) is 0 Å². The largest absolute Gasteiger partial charge is 0.379 e. The maximum atomic E-state index is 7.45. The summed E-state index contributed by atoms with van der Waals surface area (Å²) in [7, 11) is 0. The van der Waals surface area contributed by atoms with Crippen LogP contribution in [0, 0.1) is 0 Å². The van der Waals surface area contributed by atoms with Crippen LogP contribution in [0.3, 0.4) is 0 Å². The topological polar surface area (TPSA) is 142 Å². The fourth-order valence-corrected chi connectivity index (χ4v) is 8.76. The van der Waals surface area contributed by atoms with Gasteiger partial charge in [0.25, 0.3) is 0 Å². The van der Waals surface area contributed by atoms with Crippen LogP contribution in [0.25, 0.3) is 0 Å². The Kier molecular flexibility index (Phi) is 32.8. The third-order valence-corrected chi connectivity index (χ3v) is 13.2. The second kappa shape index (κ2) is 37.2. The molecule has 4 heterocycles. The summed E-state index contributed by atoms with van der Waals surface area (Å²) in [4.78, 5) is 0. The van der Waals surface area contributed by atoms with Gasteiger partial charge in [-0.2, -0.15) is 0 Å². The Morgan fingerprint density at radius 3 is 0.957 bits per heavy atom. The molecule has 0 N–H and O–H groups in total. The predicted octanol–water partition coefficient (Wildman–Crippen LogP) is 9.89. The Bertz CT molecular complexity index is 1220. The van der Waals surface area contributed by atoms with Gasteiger partial charge in [0.1, 0.15) is 73.2 Å². The molecule has 4 aliphatic heterocycles. The van der Waals surface area contributed by atoms with E-state index >= 15 is 0 Å². The lowest BCUT2D eigenvalue weighted by molar-refractivity contribution is -0.382. The van der Waals surface area contributed by atoms with E-state index in [0.717, 1.165) is 116 Å². The molecule has 4 aliphatic rings. The van der Waals surface area contributed by atoms with Gasteiger partial charge >= 0.3 is 0 Å². The van der Waals surface area contributed by atoms with Gasteiger partial charge in [0.15, 0.2) is 18.9 Å². The maximum Gasteiger partial charge on any atom is 0.187 e. The molecule has 4 saturated heterocycles. The van der Waals surface area contributed by atoms with Gasteiger partial charge in [0.2, 0.25) is 0 Å². The minimum absolute atomic E-state index is 0.228. The zero-order valence-electron chi connectivity index (χ0n) is 45.0. The Labute approximate surface area is 419 Å². The van der Waals surface area contributed by atoms with Gasteiger partial charge < -0.3 is 71.1 Å². The zero-order valence-corrected chi connectivity index (χ0v) is 45.0. The number of hydrogen-bond acceptors (Lipinski definition) is 15. The average molecular weight is 991 g/mol. The normalized spacial score (nSPS) is 32.4. The standard InChI is InChI=1S/C54H102O15/c1-10-19-28-55-37-40-43(58-31-22-13-4)46(59-32-23-14-5)49(62-35-26-17-8)52(64-40)67-44-41(38-56-29-20-11-2)65-53(50(63-36-27-18-9)47(44)60-33-24-15-6)68-45-42(39-57-30-21-12-3)66-54-51(69-54)48(45)61-34-25-16-7/h40-54H,10-39H2,1-9H3. The van der Waals surface area contributed by atoms with Crippen molar-refractivity contribution >= 4 is 0 Å². The highest BCUT2D eigenvalue weighted by Gasteiger charge is 2.61. The Morgan fingerprint density at radius 2 is 0.565 bits per heavy atom. The fraction of sp³-hybridized carbons (Fsp3) is 1.00. The molecule has 0 aliphatic carbocycles. The van der Waals surface area contributed by atoms with E-state index in [9.17, 15) is 0 Å². The second-order valence-corrected chi connectivity index (χ2v) is 19.4. The molecule has 4 rings (SSSR count). The van der Waals surface area contributed by atoms with E-state index in [2.05, 4.69) is 62.3 Å². The number of fused-ring (bicyclic) bond motifs is 1. The molecule has 15 unspecified atom stereocenters. The van der Waals surface area contributed by atoms with E-state index in [-0.39, 0.29) is 19.0 Å². The van der Waals surface area contributed by atoms with Gasteiger partial charge in [-0.15, -0.1) is 0 Å². The van der Waals surface area contributed by atoms with Gasteiger partial charge in [-0.3, -0.25) is 0 Å². The first-order chi connectivity index (χ1) is 33.9. The molecule has 69 heavy (non-hydrogen) atoms.